The van der Waals surface area contributed by atoms with Crippen molar-refractivity contribution in [1.82, 2.24) is 5.32 Å². The maximum absolute atomic E-state index is 3.58. The zero-order chi connectivity index (χ0) is 15.6. The first-order chi connectivity index (χ1) is 9.82. The van der Waals surface area contributed by atoms with Gasteiger partial charge >= 0.3 is 0 Å². The van der Waals surface area contributed by atoms with Crippen molar-refractivity contribution in [3.05, 3.63) is 69.2 Å². The molecule has 21 heavy (non-hydrogen) atoms. The van der Waals surface area contributed by atoms with Crippen LogP contribution in [0, 0.1) is 6.92 Å². The molecule has 0 radical (unpaired) electrons. The van der Waals surface area contributed by atoms with Gasteiger partial charge in [-0.25, -0.2) is 0 Å². The third-order valence-corrected chi connectivity index (χ3v) is 4.44. The Kier molecular flexibility index (Phi) is 4.90. The van der Waals surface area contributed by atoms with Crippen molar-refractivity contribution in [2.75, 3.05) is 7.05 Å². The average molecular weight is 346 g/mol. The normalized spacial score (nSPS) is 13.2. The zero-order valence-corrected chi connectivity index (χ0v) is 15.1. The lowest BCUT2D eigenvalue weighted by molar-refractivity contribution is 0.589. The van der Waals surface area contributed by atoms with Crippen molar-refractivity contribution in [2.45, 2.75) is 39.2 Å². The monoisotopic (exact) mass is 345 g/mol. The first kappa shape index (κ1) is 16.3. The molecule has 0 amide bonds. The molecule has 1 unspecified atom stereocenters. The van der Waals surface area contributed by atoms with Gasteiger partial charge in [0.2, 0.25) is 0 Å². The van der Waals surface area contributed by atoms with E-state index in [0.29, 0.717) is 0 Å². The van der Waals surface area contributed by atoms with Gasteiger partial charge in [-0.2, -0.15) is 0 Å². The van der Waals surface area contributed by atoms with Crippen LogP contribution in [0.3, 0.4) is 0 Å². The van der Waals surface area contributed by atoms with Crippen LogP contribution < -0.4 is 5.32 Å². The van der Waals surface area contributed by atoms with Gasteiger partial charge in [-0.05, 0) is 53.8 Å². The van der Waals surface area contributed by atoms with Gasteiger partial charge in [0.1, 0.15) is 0 Å². The average Bonchev–Trinajstić information content (AvgIpc) is 2.43. The molecule has 0 aliphatic heterocycles. The minimum Gasteiger partial charge on any atom is -0.309 e. The first-order valence-corrected chi connectivity index (χ1v) is 8.16. The Morgan fingerprint density at radius 2 is 1.62 bits per heavy atom. The van der Waals surface area contributed by atoms with E-state index >= 15 is 0 Å². The van der Waals surface area contributed by atoms with Crippen molar-refractivity contribution < 1.29 is 0 Å². The minimum absolute atomic E-state index is 0.194. The Labute approximate surface area is 136 Å². The molecule has 112 valence electrons. The van der Waals surface area contributed by atoms with Crippen LogP contribution in [-0.2, 0) is 5.41 Å². The van der Waals surface area contributed by atoms with Gasteiger partial charge in [0, 0.05) is 4.47 Å². The predicted molar refractivity (Wildman–Crippen MR) is 94.9 cm³/mol. The molecule has 0 aliphatic carbocycles. The maximum Gasteiger partial charge on any atom is 0.0577 e. The van der Waals surface area contributed by atoms with E-state index in [4.69, 9.17) is 0 Å². The van der Waals surface area contributed by atoms with Gasteiger partial charge in [0.15, 0.2) is 0 Å². The number of hydrogen-bond acceptors (Lipinski definition) is 1. The Morgan fingerprint density at radius 3 is 2.14 bits per heavy atom. The summed E-state index contributed by atoms with van der Waals surface area (Å²) in [5.41, 5.74) is 5.48. The zero-order valence-electron chi connectivity index (χ0n) is 13.5. The van der Waals surface area contributed by atoms with Crippen LogP contribution in [0.4, 0.5) is 0 Å². The van der Waals surface area contributed by atoms with Gasteiger partial charge in [-0.1, -0.05) is 67.0 Å². The van der Waals surface area contributed by atoms with Crippen molar-refractivity contribution in [2.24, 2.45) is 0 Å². The van der Waals surface area contributed by atoms with Crippen LogP contribution >= 0.6 is 15.9 Å². The number of rotatable bonds is 3. The lowest BCUT2D eigenvalue weighted by atomic mass is 9.85. The lowest BCUT2D eigenvalue weighted by Crippen LogP contribution is -2.19. The molecule has 0 spiro atoms. The molecular weight excluding hydrogens is 322 g/mol. The molecule has 0 saturated heterocycles. The minimum atomic E-state index is 0.194. The Bertz CT molecular complexity index is 608. The predicted octanol–water partition coefficient (Wildman–Crippen LogP) is 5.36. The lowest BCUT2D eigenvalue weighted by Gasteiger charge is -2.23. The summed E-state index contributed by atoms with van der Waals surface area (Å²) in [6.45, 7) is 8.90. The third-order valence-electron chi connectivity index (χ3n) is 3.95. The Balaban J connectivity index is 2.40. The second-order valence-corrected chi connectivity index (χ2v) is 7.51. The second kappa shape index (κ2) is 6.33. The summed E-state index contributed by atoms with van der Waals surface area (Å²) in [6.07, 6.45) is 0. The van der Waals surface area contributed by atoms with E-state index in [1.165, 1.54) is 22.3 Å². The number of hydrogen-bond donors (Lipinski definition) is 1. The van der Waals surface area contributed by atoms with Crippen LogP contribution in [0.1, 0.15) is 49.1 Å². The number of aryl methyl sites for hydroxylation is 1. The molecule has 0 fully saturated rings. The largest absolute Gasteiger partial charge is 0.309 e. The third kappa shape index (κ3) is 3.75. The topological polar surface area (TPSA) is 12.0 Å². The molecule has 2 aromatic rings. The summed E-state index contributed by atoms with van der Waals surface area (Å²) >= 11 is 3.58. The van der Waals surface area contributed by atoms with Crippen molar-refractivity contribution in [3.63, 3.8) is 0 Å². The van der Waals surface area contributed by atoms with Gasteiger partial charge in [0.25, 0.3) is 0 Å². The Hall–Kier alpha value is -1.12. The van der Waals surface area contributed by atoms with E-state index in [0.717, 1.165) is 4.47 Å². The molecule has 2 aromatic carbocycles. The molecule has 0 bridgehead atoms. The summed E-state index contributed by atoms with van der Waals surface area (Å²) in [5, 5.41) is 3.44. The summed E-state index contributed by atoms with van der Waals surface area (Å²) in [4.78, 5) is 0. The van der Waals surface area contributed by atoms with E-state index in [1.54, 1.807) is 0 Å². The van der Waals surface area contributed by atoms with E-state index in [9.17, 15) is 0 Å². The quantitative estimate of drug-likeness (QED) is 0.788. The molecule has 1 atom stereocenters. The smallest absolute Gasteiger partial charge is 0.0577 e. The molecule has 0 aliphatic rings. The Morgan fingerprint density at radius 1 is 1.00 bits per heavy atom. The van der Waals surface area contributed by atoms with Crippen molar-refractivity contribution in [1.29, 1.82) is 0 Å². The van der Waals surface area contributed by atoms with Crippen molar-refractivity contribution in [3.8, 4) is 0 Å². The van der Waals surface area contributed by atoms with Crippen LogP contribution in [0.25, 0.3) is 0 Å². The fraction of sp³-hybridized carbons (Fsp3) is 0.368. The number of halogens is 1. The molecule has 2 heteroatoms. The molecular formula is C19H24BrN. The van der Waals surface area contributed by atoms with Crippen LogP contribution in [0.5, 0.6) is 0 Å². The summed E-state index contributed by atoms with van der Waals surface area (Å²) < 4.78 is 1.12. The van der Waals surface area contributed by atoms with Crippen LogP contribution in [-0.4, -0.2) is 7.05 Å². The van der Waals surface area contributed by atoms with Gasteiger partial charge in [-0.15, -0.1) is 0 Å². The summed E-state index contributed by atoms with van der Waals surface area (Å²) in [6, 6.07) is 15.6. The fourth-order valence-electron chi connectivity index (χ4n) is 2.60. The molecule has 0 heterocycles. The van der Waals surface area contributed by atoms with E-state index in [-0.39, 0.29) is 11.5 Å². The van der Waals surface area contributed by atoms with Crippen LogP contribution in [0.2, 0.25) is 0 Å². The number of benzene rings is 2. The highest BCUT2D eigenvalue weighted by Gasteiger charge is 2.17. The van der Waals surface area contributed by atoms with Crippen molar-refractivity contribution >= 4 is 15.9 Å². The molecule has 1 nitrogen and oxygen atoms in total. The summed E-state index contributed by atoms with van der Waals surface area (Å²) in [7, 11) is 2.02. The van der Waals surface area contributed by atoms with Crippen LogP contribution in [0.15, 0.2) is 46.9 Å². The fourth-order valence-corrected chi connectivity index (χ4v) is 2.98. The van der Waals surface area contributed by atoms with E-state index in [1.807, 2.05) is 7.05 Å². The first-order valence-electron chi connectivity index (χ1n) is 7.36. The highest BCUT2D eigenvalue weighted by Crippen LogP contribution is 2.29. The molecule has 0 saturated carbocycles. The maximum atomic E-state index is 3.58. The number of nitrogens with one attached hydrogen (secondary N) is 1. The van der Waals surface area contributed by atoms with E-state index in [2.05, 4.69) is 91.4 Å². The van der Waals surface area contributed by atoms with Gasteiger partial charge < -0.3 is 5.32 Å². The highest BCUT2D eigenvalue weighted by atomic mass is 79.9. The van der Waals surface area contributed by atoms with E-state index < -0.39 is 0 Å². The summed E-state index contributed by atoms with van der Waals surface area (Å²) in [5.74, 6) is 0. The van der Waals surface area contributed by atoms with Gasteiger partial charge in [-0.3, -0.25) is 0 Å². The van der Waals surface area contributed by atoms with Gasteiger partial charge in [0.05, 0.1) is 6.04 Å². The standard InChI is InChI=1S/C19H24BrN/c1-13-6-11-16(20)12-17(13)18(21-5)14-7-9-15(10-8-14)19(2,3)4/h6-12,18,21H,1-5H3. The highest BCUT2D eigenvalue weighted by molar-refractivity contribution is 9.10. The second-order valence-electron chi connectivity index (χ2n) is 6.59. The molecule has 1 N–H and O–H groups in total. The molecule has 0 aromatic heterocycles. The SMILES string of the molecule is CNC(c1ccc(C(C)(C)C)cc1)c1cc(Br)ccc1C. The molecule has 2 rings (SSSR count).